The Bertz CT molecular complexity index is 200. The standard InChI is InChI=1S/C12H25N3O/c1-2-14-12(13)15-9-6-10-16-11-7-4-3-5-8-11/h11H,2-10H2,1H3,(H3,13,14,15). The Morgan fingerprint density at radius 3 is 2.81 bits per heavy atom. The number of nitrogens with two attached hydrogens (primary N) is 1. The predicted molar refractivity (Wildman–Crippen MR) is 67.6 cm³/mol. The highest BCUT2D eigenvalue weighted by atomic mass is 16.5. The molecule has 1 aliphatic rings. The lowest BCUT2D eigenvalue weighted by Crippen LogP contribution is -2.31. The molecule has 0 aromatic rings. The van der Waals surface area contributed by atoms with Crippen molar-refractivity contribution in [2.45, 2.75) is 51.6 Å². The number of hydrogen-bond donors (Lipinski definition) is 2. The maximum atomic E-state index is 5.79. The van der Waals surface area contributed by atoms with Gasteiger partial charge >= 0.3 is 0 Å². The molecule has 0 bridgehead atoms. The lowest BCUT2D eigenvalue weighted by atomic mass is 9.98. The molecule has 0 radical (unpaired) electrons. The van der Waals surface area contributed by atoms with Crippen molar-refractivity contribution in [1.29, 1.82) is 0 Å². The van der Waals surface area contributed by atoms with Crippen LogP contribution in [-0.2, 0) is 4.74 Å². The zero-order chi connectivity index (χ0) is 11.6. The van der Waals surface area contributed by atoms with E-state index in [-0.39, 0.29) is 0 Å². The van der Waals surface area contributed by atoms with Crippen molar-refractivity contribution in [3.8, 4) is 0 Å². The van der Waals surface area contributed by atoms with Gasteiger partial charge in [0.1, 0.15) is 0 Å². The van der Waals surface area contributed by atoms with E-state index < -0.39 is 0 Å². The number of aliphatic imine (C=N–C) groups is 1. The van der Waals surface area contributed by atoms with E-state index in [1.807, 2.05) is 6.92 Å². The van der Waals surface area contributed by atoms with Crippen LogP contribution in [0.3, 0.4) is 0 Å². The van der Waals surface area contributed by atoms with Crippen molar-refractivity contribution in [1.82, 2.24) is 5.32 Å². The molecule has 4 nitrogen and oxygen atoms in total. The quantitative estimate of drug-likeness (QED) is 0.412. The number of hydrogen-bond acceptors (Lipinski definition) is 2. The Morgan fingerprint density at radius 1 is 1.38 bits per heavy atom. The van der Waals surface area contributed by atoms with E-state index in [0.717, 1.165) is 26.1 Å². The SMILES string of the molecule is CCNC(N)=NCCCOC1CCCCC1. The van der Waals surface area contributed by atoms with Gasteiger partial charge in [0, 0.05) is 19.7 Å². The van der Waals surface area contributed by atoms with Crippen LogP contribution in [0.5, 0.6) is 0 Å². The second-order valence-electron chi connectivity index (χ2n) is 4.28. The summed E-state index contributed by atoms with van der Waals surface area (Å²) in [7, 11) is 0. The molecular weight excluding hydrogens is 202 g/mol. The second kappa shape index (κ2) is 8.39. The van der Waals surface area contributed by atoms with Gasteiger partial charge in [0.05, 0.1) is 6.10 Å². The minimum atomic E-state index is 0.504. The zero-order valence-electron chi connectivity index (χ0n) is 10.4. The minimum Gasteiger partial charge on any atom is -0.378 e. The summed E-state index contributed by atoms with van der Waals surface area (Å²) in [4.78, 5) is 4.20. The van der Waals surface area contributed by atoms with Crippen LogP contribution in [0.4, 0.5) is 0 Å². The van der Waals surface area contributed by atoms with Crippen molar-refractivity contribution >= 4 is 5.96 Å². The molecule has 0 aromatic carbocycles. The van der Waals surface area contributed by atoms with E-state index in [1.165, 1.54) is 32.1 Å². The Labute approximate surface area is 98.6 Å². The molecule has 3 N–H and O–H groups in total. The third-order valence-electron chi connectivity index (χ3n) is 2.85. The molecule has 1 fully saturated rings. The Hall–Kier alpha value is -0.770. The van der Waals surface area contributed by atoms with E-state index in [2.05, 4.69) is 10.3 Å². The molecule has 0 saturated heterocycles. The molecule has 94 valence electrons. The smallest absolute Gasteiger partial charge is 0.188 e. The number of nitrogens with one attached hydrogen (secondary N) is 1. The molecule has 0 aliphatic heterocycles. The van der Waals surface area contributed by atoms with E-state index in [4.69, 9.17) is 10.5 Å². The monoisotopic (exact) mass is 227 g/mol. The molecule has 0 atom stereocenters. The molecule has 0 spiro atoms. The van der Waals surface area contributed by atoms with Gasteiger partial charge in [0.15, 0.2) is 5.96 Å². The fourth-order valence-corrected chi connectivity index (χ4v) is 1.98. The normalized spacial score (nSPS) is 18.7. The second-order valence-corrected chi connectivity index (χ2v) is 4.28. The van der Waals surface area contributed by atoms with Crippen molar-refractivity contribution in [3.05, 3.63) is 0 Å². The summed E-state index contributed by atoms with van der Waals surface area (Å²) in [5.41, 5.74) is 5.61. The number of guanidine groups is 1. The van der Waals surface area contributed by atoms with Crippen LogP contribution in [0, 0.1) is 0 Å². The molecule has 16 heavy (non-hydrogen) atoms. The van der Waals surface area contributed by atoms with Crippen LogP contribution in [0.15, 0.2) is 4.99 Å². The van der Waals surface area contributed by atoms with Crippen molar-refractivity contribution in [2.75, 3.05) is 19.7 Å². The molecule has 1 saturated carbocycles. The van der Waals surface area contributed by atoms with Gasteiger partial charge in [0.2, 0.25) is 0 Å². The zero-order valence-corrected chi connectivity index (χ0v) is 10.4. The first-order valence-electron chi connectivity index (χ1n) is 6.48. The first kappa shape index (κ1) is 13.3. The third-order valence-corrected chi connectivity index (χ3v) is 2.85. The summed E-state index contributed by atoms with van der Waals surface area (Å²) in [6.45, 7) is 4.40. The third kappa shape index (κ3) is 5.95. The van der Waals surface area contributed by atoms with E-state index in [9.17, 15) is 0 Å². The van der Waals surface area contributed by atoms with Crippen LogP contribution in [-0.4, -0.2) is 31.8 Å². The summed E-state index contributed by atoms with van der Waals surface area (Å²) in [5, 5.41) is 2.97. The van der Waals surface area contributed by atoms with Gasteiger partial charge in [-0.15, -0.1) is 0 Å². The first-order chi connectivity index (χ1) is 7.83. The lowest BCUT2D eigenvalue weighted by Gasteiger charge is -2.21. The minimum absolute atomic E-state index is 0.504. The highest BCUT2D eigenvalue weighted by Crippen LogP contribution is 2.20. The molecule has 1 aliphatic carbocycles. The van der Waals surface area contributed by atoms with Gasteiger partial charge in [-0.2, -0.15) is 0 Å². The molecule has 0 heterocycles. The molecule has 0 unspecified atom stereocenters. The van der Waals surface area contributed by atoms with Gasteiger partial charge < -0.3 is 15.8 Å². The molecule has 4 heteroatoms. The first-order valence-corrected chi connectivity index (χ1v) is 6.48. The van der Waals surface area contributed by atoms with Crippen molar-refractivity contribution in [2.24, 2.45) is 10.7 Å². The Morgan fingerprint density at radius 2 is 2.12 bits per heavy atom. The molecule has 0 aromatic heterocycles. The van der Waals surface area contributed by atoms with Crippen LogP contribution < -0.4 is 11.1 Å². The van der Waals surface area contributed by atoms with Gasteiger partial charge in [-0.25, -0.2) is 0 Å². The number of rotatable bonds is 6. The maximum absolute atomic E-state index is 5.79. The largest absolute Gasteiger partial charge is 0.378 e. The van der Waals surface area contributed by atoms with Gasteiger partial charge in [-0.3, -0.25) is 4.99 Å². The Kier molecular flexibility index (Phi) is 6.97. The van der Waals surface area contributed by atoms with Crippen LogP contribution in [0.1, 0.15) is 45.4 Å². The topological polar surface area (TPSA) is 59.6 Å². The summed E-state index contributed by atoms with van der Waals surface area (Å²) in [6, 6.07) is 0. The van der Waals surface area contributed by atoms with Gasteiger partial charge in [-0.1, -0.05) is 19.3 Å². The summed E-state index contributed by atoms with van der Waals surface area (Å²) < 4.78 is 5.79. The van der Waals surface area contributed by atoms with Crippen LogP contribution in [0.2, 0.25) is 0 Å². The number of ether oxygens (including phenoxy) is 1. The van der Waals surface area contributed by atoms with Crippen LogP contribution in [0.25, 0.3) is 0 Å². The highest BCUT2D eigenvalue weighted by Gasteiger charge is 2.12. The summed E-state index contributed by atoms with van der Waals surface area (Å²) >= 11 is 0. The van der Waals surface area contributed by atoms with Crippen LogP contribution >= 0.6 is 0 Å². The highest BCUT2D eigenvalue weighted by molar-refractivity contribution is 5.77. The molecule has 1 rings (SSSR count). The number of nitrogens with zero attached hydrogens (tertiary/aromatic N) is 1. The van der Waals surface area contributed by atoms with Crippen molar-refractivity contribution < 1.29 is 4.74 Å². The predicted octanol–water partition coefficient (Wildman–Crippen LogP) is 1.65. The van der Waals surface area contributed by atoms with Gasteiger partial charge in [-0.05, 0) is 26.2 Å². The van der Waals surface area contributed by atoms with E-state index >= 15 is 0 Å². The van der Waals surface area contributed by atoms with Crippen molar-refractivity contribution in [3.63, 3.8) is 0 Å². The average molecular weight is 227 g/mol. The fraction of sp³-hybridized carbons (Fsp3) is 0.917. The molecular formula is C12H25N3O. The summed E-state index contributed by atoms with van der Waals surface area (Å²) in [6.07, 6.45) is 7.98. The average Bonchev–Trinajstić information content (AvgIpc) is 2.30. The Balaban J connectivity index is 1.96. The van der Waals surface area contributed by atoms with Gasteiger partial charge in [0.25, 0.3) is 0 Å². The summed E-state index contributed by atoms with van der Waals surface area (Å²) in [5.74, 6) is 0.542. The van der Waals surface area contributed by atoms with E-state index in [0.29, 0.717) is 12.1 Å². The maximum Gasteiger partial charge on any atom is 0.188 e. The fourth-order valence-electron chi connectivity index (χ4n) is 1.98. The van der Waals surface area contributed by atoms with E-state index in [1.54, 1.807) is 0 Å². The molecule has 0 amide bonds. The lowest BCUT2D eigenvalue weighted by molar-refractivity contribution is 0.0281.